The first-order valence-corrected chi connectivity index (χ1v) is 8.13. The summed E-state index contributed by atoms with van der Waals surface area (Å²) >= 11 is 0. The fourth-order valence-electron chi connectivity index (χ4n) is 3.02. The molecule has 6 nitrogen and oxygen atoms in total. The SMILES string of the molecule is Cc1nc2ccccn2c1C(=O)N/N=C/c1c(O)ccc2ccccc12. The monoisotopic (exact) mass is 344 g/mol. The number of hydrogen-bond acceptors (Lipinski definition) is 4. The van der Waals surface area contributed by atoms with Gasteiger partial charge in [0.05, 0.1) is 11.9 Å². The lowest BCUT2D eigenvalue weighted by atomic mass is 10.0. The molecule has 2 heterocycles. The molecule has 0 aliphatic heterocycles. The van der Waals surface area contributed by atoms with Gasteiger partial charge in [-0.3, -0.25) is 9.20 Å². The summed E-state index contributed by atoms with van der Waals surface area (Å²) in [6.45, 7) is 1.78. The van der Waals surface area contributed by atoms with E-state index in [0.29, 0.717) is 22.6 Å². The first-order valence-electron chi connectivity index (χ1n) is 8.13. The van der Waals surface area contributed by atoms with Crippen molar-refractivity contribution < 1.29 is 9.90 Å². The molecule has 0 radical (unpaired) electrons. The van der Waals surface area contributed by atoms with E-state index in [1.807, 2.05) is 48.5 Å². The highest BCUT2D eigenvalue weighted by Crippen LogP contribution is 2.25. The molecule has 2 N–H and O–H groups in total. The van der Waals surface area contributed by atoms with E-state index in [-0.39, 0.29) is 11.7 Å². The summed E-state index contributed by atoms with van der Waals surface area (Å²) in [4.78, 5) is 16.9. The molecular formula is C20H16N4O2. The lowest BCUT2D eigenvalue weighted by Gasteiger charge is -2.05. The third-order valence-electron chi connectivity index (χ3n) is 4.23. The van der Waals surface area contributed by atoms with Gasteiger partial charge in [-0.05, 0) is 35.9 Å². The molecule has 2 aromatic heterocycles. The van der Waals surface area contributed by atoms with Crippen LogP contribution in [0.5, 0.6) is 5.75 Å². The van der Waals surface area contributed by atoms with E-state index in [1.165, 1.54) is 6.21 Å². The number of phenolic OH excluding ortho intramolecular Hbond substituents is 1. The molecule has 1 amide bonds. The van der Waals surface area contributed by atoms with Crippen molar-refractivity contribution in [1.29, 1.82) is 0 Å². The maximum Gasteiger partial charge on any atom is 0.290 e. The van der Waals surface area contributed by atoms with Gasteiger partial charge >= 0.3 is 0 Å². The number of phenols is 1. The summed E-state index contributed by atoms with van der Waals surface area (Å²) in [5.74, 6) is -0.259. The van der Waals surface area contributed by atoms with Crippen LogP contribution in [0.25, 0.3) is 16.4 Å². The number of amides is 1. The number of aryl methyl sites for hydroxylation is 1. The Morgan fingerprint density at radius 3 is 2.85 bits per heavy atom. The van der Waals surface area contributed by atoms with Crippen molar-refractivity contribution in [2.24, 2.45) is 5.10 Å². The van der Waals surface area contributed by atoms with Crippen molar-refractivity contribution in [2.45, 2.75) is 6.92 Å². The fraction of sp³-hybridized carbons (Fsp3) is 0.0500. The number of aromatic hydroxyl groups is 1. The predicted molar refractivity (Wildman–Crippen MR) is 101 cm³/mol. The van der Waals surface area contributed by atoms with E-state index in [9.17, 15) is 9.90 Å². The van der Waals surface area contributed by atoms with Gasteiger partial charge in [0.25, 0.3) is 5.91 Å². The van der Waals surface area contributed by atoms with Crippen molar-refractivity contribution in [3.63, 3.8) is 0 Å². The number of aromatic nitrogens is 2. The topological polar surface area (TPSA) is 79.0 Å². The molecule has 0 spiro atoms. The van der Waals surface area contributed by atoms with E-state index >= 15 is 0 Å². The Labute approximate surface area is 149 Å². The summed E-state index contributed by atoms with van der Waals surface area (Å²) < 4.78 is 1.72. The second kappa shape index (κ2) is 6.33. The van der Waals surface area contributed by atoms with Crippen LogP contribution in [0.4, 0.5) is 0 Å². The number of nitrogens with one attached hydrogen (secondary N) is 1. The standard InChI is InChI=1S/C20H16N4O2/c1-13-19(24-11-5-4-8-18(24)22-13)20(26)23-21-12-16-15-7-3-2-6-14(15)9-10-17(16)25/h2-12,25H,1H3,(H,23,26)/b21-12+. The molecule has 4 aromatic rings. The number of carbonyl (C=O) groups is 1. The molecule has 0 aliphatic rings. The number of pyridine rings is 1. The second-order valence-electron chi connectivity index (χ2n) is 5.89. The molecule has 4 rings (SSSR count). The van der Waals surface area contributed by atoms with E-state index in [4.69, 9.17) is 0 Å². The van der Waals surface area contributed by atoms with Gasteiger partial charge in [0.15, 0.2) is 0 Å². The number of rotatable bonds is 3. The average Bonchev–Trinajstić information content (AvgIpc) is 2.99. The first kappa shape index (κ1) is 15.8. The molecule has 2 aromatic carbocycles. The van der Waals surface area contributed by atoms with E-state index in [1.54, 1.807) is 23.6 Å². The fourth-order valence-corrected chi connectivity index (χ4v) is 3.02. The van der Waals surface area contributed by atoms with Crippen LogP contribution in [0.3, 0.4) is 0 Å². The third kappa shape index (κ3) is 2.67. The number of fused-ring (bicyclic) bond motifs is 2. The van der Waals surface area contributed by atoms with Crippen LogP contribution in [0.1, 0.15) is 21.7 Å². The number of hydrazone groups is 1. The Kier molecular flexibility index (Phi) is 3.85. The molecule has 128 valence electrons. The van der Waals surface area contributed by atoms with Crippen LogP contribution < -0.4 is 5.43 Å². The highest BCUT2D eigenvalue weighted by molar-refractivity contribution is 6.03. The second-order valence-corrected chi connectivity index (χ2v) is 5.89. The number of benzene rings is 2. The van der Waals surface area contributed by atoms with Gasteiger partial charge in [0.2, 0.25) is 0 Å². The predicted octanol–water partition coefficient (Wildman–Crippen LogP) is 3.27. The molecule has 6 heteroatoms. The van der Waals surface area contributed by atoms with Gasteiger partial charge in [0, 0.05) is 11.8 Å². The molecule has 0 saturated carbocycles. The Hall–Kier alpha value is -3.67. The average molecular weight is 344 g/mol. The largest absolute Gasteiger partial charge is 0.507 e. The van der Waals surface area contributed by atoms with Crippen molar-refractivity contribution >= 4 is 28.5 Å². The number of carbonyl (C=O) groups excluding carboxylic acids is 1. The molecule has 0 bridgehead atoms. The van der Waals surface area contributed by atoms with Gasteiger partial charge in [0.1, 0.15) is 17.1 Å². The van der Waals surface area contributed by atoms with Crippen LogP contribution in [0, 0.1) is 6.92 Å². The summed E-state index contributed by atoms with van der Waals surface area (Å²) in [6, 6.07) is 16.6. The highest BCUT2D eigenvalue weighted by Gasteiger charge is 2.15. The Morgan fingerprint density at radius 1 is 1.15 bits per heavy atom. The number of hydrogen-bond donors (Lipinski definition) is 2. The van der Waals surface area contributed by atoms with Crippen LogP contribution in [-0.2, 0) is 0 Å². The van der Waals surface area contributed by atoms with Crippen LogP contribution >= 0.6 is 0 Å². The van der Waals surface area contributed by atoms with Crippen molar-refractivity contribution in [1.82, 2.24) is 14.8 Å². The summed E-state index contributed by atoms with van der Waals surface area (Å²) in [5, 5.41) is 16.0. The van der Waals surface area contributed by atoms with Gasteiger partial charge in [-0.2, -0.15) is 5.10 Å². The molecule has 26 heavy (non-hydrogen) atoms. The minimum absolute atomic E-state index is 0.104. The van der Waals surface area contributed by atoms with Crippen molar-refractivity contribution in [3.05, 3.63) is 77.7 Å². The normalized spacial score (nSPS) is 11.4. The zero-order valence-electron chi connectivity index (χ0n) is 14.0. The molecular weight excluding hydrogens is 328 g/mol. The lowest BCUT2D eigenvalue weighted by Crippen LogP contribution is -2.20. The maximum atomic E-state index is 12.5. The van der Waals surface area contributed by atoms with E-state index in [0.717, 1.165) is 10.8 Å². The first-order chi connectivity index (χ1) is 12.6. The quantitative estimate of drug-likeness (QED) is 0.442. The summed E-state index contributed by atoms with van der Waals surface area (Å²) in [5.41, 5.74) is 4.82. The summed E-state index contributed by atoms with van der Waals surface area (Å²) in [7, 11) is 0. The smallest absolute Gasteiger partial charge is 0.290 e. The zero-order valence-corrected chi connectivity index (χ0v) is 14.0. The molecule has 0 unspecified atom stereocenters. The van der Waals surface area contributed by atoms with Gasteiger partial charge < -0.3 is 5.11 Å². The van der Waals surface area contributed by atoms with E-state index < -0.39 is 0 Å². The van der Waals surface area contributed by atoms with Crippen LogP contribution in [0.15, 0.2) is 65.9 Å². The van der Waals surface area contributed by atoms with Crippen LogP contribution in [0.2, 0.25) is 0 Å². The third-order valence-corrected chi connectivity index (χ3v) is 4.23. The number of imidazole rings is 1. The van der Waals surface area contributed by atoms with Crippen LogP contribution in [-0.4, -0.2) is 26.6 Å². The summed E-state index contributed by atoms with van der Waals surface area (Å²) in [6.07, 6.45) is 3.23. The molecule has 0 fully saturated rings. The molecule has 0 atom stereocenters. The van der Waals surface area contributed by atoms with Gasteiger partial charge in [-0.15, -0.1) is 0 Å². The maximum absolute atomic E-state index is 12.5. The minimum atomic E-state index is -0.364. The Bertz CT molecular complexity index is 1160. The molecule has 0 aliphatic carbocycles. The van der Waals surface area contributed by atoms with Crippen molar-refractivity contribution in [2.75, 3.05) is 0 Å². The molecule has 0 saturated heterocycles. The minimum Gasteiger partial charge on any atom is -0.507 e. The lowest BCUT2D eigenvalue weighted by molar-refractivity contribution is 0.0948. The van der Waals surface area contributed by atoms with Gasteiger partial charge in [-0.25, -0.2) is 10.4 Å². The zero-order chi connectivity index (χ0) is 18.1. The van der Waals surface area contributed by atoms with E-state index in [2.05, 4.69) is 15.5 Å². The highest BCUT2D eigenvalue weighted by atomic mass is 16.3. The number of nitrogens with zero attached hydrogens (tertiary/aromatic N) is 3. The van der Waals surface area contributed by atoms with Crippen molar-refractivity contribution in [3.8, 4) is 5.75 Å². The Balaban J connectivity index is 1.64. The van der Waals surface area contributed by atoms with Gasteiger partial charge in [-0.1, -0.05) is 36.4 Å². The Morgan fingerprint density at radius 2 is 1.96 bits per heavy atom.